The molecule has 1 aromatic heterocycles. The van der Waals surface area contributed by atoms with Crippen molar-refractivity contribution in [2.45, 2.75) is 24.3 Å². The number of aryl methyl sites for hydroxylation is 1. The molecule has 3 aromatic rings. The second-order valence-electron chi connectivity index (χ2n) is 6.06. The van der Waals surface area contributed by atoms with E-state index in [-0.39, 0.29) is 6.42 Å². The highest BCUT2D eigenvalue weighted by Gasteiger charge is 2.28. The number of aromatic nitrogens is 1. The Hall–Kier alpha value is -2.62. The fourth-order valence-electron chi connectivity index (χ4n) is 2.56. The first-order valence-corrected chi connectivity index (χ1v) is 10.7. The molecule has 0 radical (unpaired) electrons. The Morgan fingerprint density at radius 1 is 1.14 bits per heavy atom. The molecular formula is C19H18FN3O3S2. The number of amides is 1. The summed E-state index contributed by atoms with van der Waals surface area (Å²) in [4.78, 5) is 17.2. The van der Waals surface area contributed by atoms with Crippen molar-refractivity contribution >= 4 is 32.4 Å². The van der Waals surface area contributed by atoms with E-state index in [2.05, 4.69) is 15.0 Å². The van der Waals surface area contributed by atoms with Gasteiger partial charge >= 0.3 is 0 Å². The molecule has 0 fully saturated rings. The molecule has 9 heteroatoms. The lowest BCUT2D eigenvalue weighted by Crippen LogP contribution is -2.45. The summed E-state index contributed by atoms with van der Waals surface area (Å²) >= 11 is 1.28. The fraction of sp³-hybridized carbons (Fsp3) is 0.158. The number of nitrogens with one attached hydrogen (secondary N) is 2. The predicted molar refractivity (Wildman–Crippen MR) is 106 cm³/mol. The van der Waals surface area contributed by atoms with Crippen molar-refractivity contribution in [3.05, 3.63) is 77.1 Å². The number of thiazole rings is 1. The molecule has 0 saturated carbocycles. The molecular weight excluding hydrogens is 401 g/mol. The van der Waals surface area contributed by atoms with E-state index >= 15 is 0 Å². The van der Waals surface area contributed by atoms with Crippen LogP contribution in [0.4, 0.5) is 9.52 Å². The van der Waals surface area contributed by atoms with Crippen LogP contribution in [0.5, 0.6) is 0 Å². The summed E-state index contributed by atoms with van der Waals surface area (Å²) in [6.45, 7) is 1.84. The molecule has 1 atom stereocenters. The van der Waals surface area contributed by atoms with E-state index < -0.39 is 32.7 Å². The van der Waals surface area contributed by atoms with Crippen LogP contribution in [0.25, 0.3) is 0 Å². The fourth-order valence-corrected chi connectivity index (χ4v) is 4.50. The summed E-state index contributed by atoms with van der Waals surface area (Å²) in [7, 11) is -4.25. The van der Waals surface area contributed by atoms with Crippen molar-refractivity contribution in [3.8, 4) is 0 Å². The lowest BCUT2D eigenvalue weighted by atomic mass is 10.1. The standard InChI is InChI=1S/C19H18FN3O3S2/c1-13-12-21-19(27-13)22-18(24)16(11-14-7-3-2-4-8-14)23-28(25,26)17-10-6-5-9-15(17)20/h2-10,12,16,23H,11H2,1H3,(H,21,22,24)/t16-/m1/s1. The van der Waals surface area contributed by atoms with Crippen LogP contribution in [-0.2, 0) is 21.2 Å². The van der Waals surface area contributed by atoms with Crippen molar-refractivity contribution < 1.29 is 17.6 Å². The number of carbonyl (C=O) groups excluding carboxylic acids is 1. The first-order valence-electron chi connectivity index (χ1n) is 8.39. The average Bonchev–Trinajstić information content (AvgIpc) is 3.07. The summed E-state index contributed by atoms with van der Waals surface area (Å²) in [6, 6.07) is 12.8. The molecule has 3 rings (SSSR count). The third-order valence-corrected chi connectivity index (χ3v) is 6.21. The van der Waals surface area contributed by atoms with Gasteiger partial charge in [-0.3, -0.25) is 4.79 Å². The van der Waals surface area contributed by atoms with Gasteiger partial charge in [-0.25, -0.2) is 17.8 Å². The van der Waals surface area contributed by atoms with E-state index in [0.717, 1.165) is 22.6 Å². The third kappa shape index (κ3) is 5.00. The van der Waals surface area contributed by atoms with Crippen LogP contribution in [0.1, 0.15) is 10.4 Å². The molecule has 0 unspecified atom stereocenters. The number of rotatable bonds is 7. The van der Waals surface area contributed by atoms with Crippen LogP contribution in [0.2, 0.25) is 0 Å². The van der Waals surface area contributed by atoms with E-state index in [1.54, 1.807) is 30.5 Å². The minimum absolute atomic E-state index is 0.102. The summed E-state index contributed by atoms with van der Waals surface area (Å²) in [6.07, 6.45) is 1.71. The van der Waals surface area contributed by atoms with Crippen molar-refractivity contribution in [1.29, 1.82) is 0 Å². The molecule has 0 aliphatic heterocycles. The minimum atomic E-state index is -4.25. The van der Waals surface area contributed by atoms with E-state index in [4.69, 9.17) is 0 Å². The Labute approximate surface area is 166 Å². The molecule has 0 spiro atoms. The maximum Gasteiger partial charge on any atom is 0.244 e. The van der Waals surface area contributed by atoms with Gasteiger partial charge in [0.15, 0.2) is 5.13 Å². The lowest BCUT2D eigenvalue weighted by Gasteiger charge is -2.18. The Bertz CT molecular complexity index is 1070. The summed E-state index contributed by atoms with van der Waals surface area (Å²) in [5.41, 5.74) is 0.759. The number of anilines is 1. The van der Waals surface area contributed by atoms with Crippen LogP contribution in [-0.4, -0.2) is 25.4 Å². The van der Waals surface area contributed by atoms with Gasteiger partial charge in [0.05, 0.1) is 0 Å². The minimum Gasteiger partial charge on any atom is -0.301 e. The van der Waals surface area contributed by atoms with Crippen molar-refractivity contribution in [1.82, 2.24) is 9.71 Å². The molecule has 6 nitrogen and oxygen atoms in total. The second-order valence-corrected chi connectivity index (χ2v) is 8.98. The van der Waals surface area contributed by atoms with Gasteiger partial charge in [-0.05, 0) is 31.0 Å². The van der Waals surface area contributed by atoms with E-state index in [0.29, 0.717) is 5.13 Å². The van der Waals surface area contributed by atoms with Crippen molar-refractivity contribution in [2.75, 3.05) is 5.32 Å². The van der Waals surface area contributed by atoms with Crippen LogP contribution in [0, 0.1) is 12.7 Å². The zero-order valence-corrected chi connectivity index (χ0v) is 16.6. The summed E-state index contributed by atoms with van der Waals surface area (Å²) in [5.74, 6) is -1.46. The van der Waals surface area contributed by atoms with Crippen LogP contribution in [0.3, 0.4) is 0 Å². The lowest BCUT2D eigenvalue weighted by molar-refractivity contribution is -0.117. The van der Waals surface area contributed by atoms with Gasteiger partial charge in [-0.2, -0.15) is 4.72 Å². The van der Waals surface area contributed by atoms with Crippen molar-refractivity contribution in [3.63, 3.8) is 0 Å². The van der Waals surface area contributed by atoms with E-state index in [1.165, 1.54) is 23.5 Å². The third-order valence-electron chi connectivity index (χ3n) is 3.87. The van der Waals surface area contributed by atoms with Gasteiger partial charge in [0.25, 0.3) is 0 Å². The Balaban J connectivity index is 1.87. The highest BCUT2D eigenvalue weighted by molar-refractivity contribution is 7.89. The Morgan fingerprint density at radius 2 is 1.82 bits per heavy atom. The topological polar surface area (TPSA) is 88.2 Å². The first-order chi connectivity index (χ1) is 13.3. The molecule has 146 valence electrons. The summed E-state index contributed by atoms with van der Waals surface area (Å²) < 4.78 is 41.6. The Morgan fingerprint density at radius 3 is 2.46 bits per heavy atom. The molecule has 1 heterocycles. The molecule has 0 saturated heterocycles. The quantitative estimate of drug-likeness (QED) is 0.616. The largest absolute Gasteiger partial charge is 0.301 e. The van der Waals surface area contributed by atoms with Gasteiger partial charge in [0, 0.05) is 11.1 Å². The molecule has 28 heavy (non-hydrogen) atoms. The van der Waals surface area contributed by atoms with Gasteiger partial charge in [0.2, 0.25) is 15.9 Å². The van der Waals surface area contributed by atoms with E-state index in [1.807, 2.05) is 13.0 Å². The number of sulfonamides is 1. The highest BCUT2D eigenvalue weighted by atomic mass is 32.2. The SMILES string of the molecule is Cc1cnc(NC(=O)[C@@H](Cc2ccccc2)NS(=O)(=O)c2ccccc2F)s1. The number of hydrogen-bond acceptors (Lipinski definition) is 5. The molecule has 1 amide bonds. The maximum absolute atomic E-state index is 14.0. The molecule has 0 bridgehead atoms. The first kappa shape index (κ1) is 20.1. The zero-order chi connectivity index (χ0) is 20.1. The van der Waals surface area contributed by atoms with E-state index in [9.17, 15) is 17.6 Å². The molecule has 2 aromatic carbocycles. The summed E-state index contributed by atoms with van der Waals surface area (Å²) in [5, 5.41) is 2.99. The van der Waals surface area contributed by atoms with Crippen LogP contribution in [0.15, 0.2) is 65.7 Å². The molecule has 0 aliphatic rings. The number of halogens is 1. The Kier molecular flexibility index (Phi) is 6.18. The molecule has 2 N–H and O–H groups in total. The smallest absolute Gasteiger partial charge is 0.244 e. The number of nitrogens with zero attached hydrogens (tertiary/aromatic N) is 1. The monoisotopic (exact) mass is 419 g/mol. The van der Waals surface area contributed by atoms with Gasteiger partial charge < -0.3 is 5.32 Å². The predicted octanol–water partition coefficient (Wildman–Crippen LogP) is 3.12. The van der Waals surface area contributed by atoms with Crippen LogP contribution < -0.4 is 10.0 Å². The highest BCUT2D eigenvalue weighted by Crippen LogP contribution is 2.19. The number of hydrogen-bond donors (Lipinski definition) is 2. The number of benzene rings is 2. The molecule has 0 aliphatic carbocycles. The normalized spacial score (nSPS) is 12.5. The van der Waals surface area contributed by atoms with Gasteiger partial charge in [0.1, 0.15) is 16.8 Å². The van der Waals surface area contributed by atoms with Gasteiger partial charge in [-0.1, -0.05) is 42.5 Å². The number of carbonyl (C=O) groups is 1. The van der Waals surface area contributed by atoms with Crippen molar-refractivity contribution in [2.24, 2.45) is 0 Å². The zero-order valence-electron chi connectivity index (χ0n) is 14.9. The average molecular weight is 420 g/mol. The maximum atomic E-state index is 14.0. The van der Waals surface area contributed by atoms with Crippen LogP contribution >= 0.6 is 11.3 Å². The second kappa shape index (κ2) is 8.59. The van der Waals surface area contributed by atoms with Gasteiger partial charge in [-0.15, -0.1) is 11.3 Å².